The van der Waals surface area contributed by atoms with Gasteiger partial charge in [0.25, 0.3) is 0 Å². The predicted molar refractivity (Wildman–Crippen MR) is 96.9 cm³/mol. The summed E-state index contributed by atoms with van der Waals surface area (Å²) < 4.78 is 31.9. The monoisotopic (exact) mass is 341 g/mol. The molecule has 0 spiro atoms. The Balaban J connectivity index is 1.96. The highest BCUT2D eigenvalue weighted by Crippen LogP contribution is 2.38. The summed E-state index contributed by atoms with van der Waals surface area (Å²) in [5, 5.41) is 0. The first-order valence-electron chi connectivity index (χ1n) is 8.41. The van der Waals surface area contributed by atoms with Crippen molar-refractivity contribution < 1.29 is 18.4 Å². The lowest BCUT2D eigenvalue weighted by Crippen LogP contribution is -2.41. The molecule has 0 saturated carbocycles. The summed E-state index contributed by atoms with van der Waals surface area (Å²) >= 11 is 0. The van der Waals surface area contributed by atoms with Crippen molar-refractivity contribution >= 4 is 12.6 Å². The third kappa shape index (κ3) is 3.31. The molecule has 1 fully saturated rings. The van der Waals surface area contributed by atoms with Crippen molar-refractivity contribution in [3.63, 3.8) is 0 Å². The van der Waals surface area contributed by atoms with Crippen molar-refractivity contribution in [3.05, 3.63) is 53.3 Å². The van der Waals surface area contributed by atoms with Crippen LogP contribution in [-0.4, -0.2) is 18.3 Å². The number of ether oxygens (including phenoxy) is 1. The molecule has 3 nitrogen and oxygen atoms in total. The molecule has 0 amide bonds. The standard InChI is InChI=1S/C20H23BFO3/c1-13-11-15(22)12-14(2)18(13)23-17-10-8-7-9-16(17)21-24-19(3,4)20(5,6)25-21/h8-12H,1-6H3. The minimum absolute atomic E-state index is 0.269. The maximum atomic E-state index is 13.5. The van der Waals surface area contributed by atoms with Gasteiger partial charge in [-0.1, -0.05) is 12.1 Å². The van der Waals surface area contributed by atoms with Gasteiger partial charge in [0.15, 0.2) is 0 Å². The van der Waals surface area contributed by atoms with E-state index in [1.54, 1.807) is 6.07 Å². The Labute approximate surface area is 149 Å². The Hall–Kier alpha value is -1.85. The fourth-order valence-electron chi connectivity index (χ4n) is 2.84. The molecule has 0 unspecified atom stereocenters. The summed E-state index contributed by atoms with van der Waals surface area (Å²) in [6, 6.07) is 11.4. The lowest BCUT2D eigenvalue weighted by molar-refractivity contribution is 0.00578. The zero-order valence-electron chi connectivity index (χ0n) is 15.6. The lowest BCUT2D eigenvalue weighted by Gasteiger charge is -2.32. The van der Waals surface area contributed by atoms with Crippen LogP contribution in [0, 0.1) is 25.7 Å². The lowest BCUT2D eigenvalue weighted by atomic mass is 9.78. The first kappa shape index (κ1) is 18.0. The van der Waals surface area contributed by atoms with E-state index < -0.39 is 18.3 Å². The van der Waals surface area contributed by atoms with Crippen LogP contribution >= 0.6 is 0 Å². The molecular formula is C20H23BFO3. The van der Waals surface area contributed by atoms with Crippen molar-refractivity contribution in [1.29, 1.82) is 0 Å². The maximum absolute atomic E-state index is 13.5. The van der Waals surface area contributed by atoms with E-state index in [9.17, 15) is 4.39 Å². The molecule has 0 N–H and O–H groups in total. The van der Waals surface area contributed by atoms with Crippen LogP contribution in [0.2, 0.25) is 0 Å². The average Bonchev–Trinajstić information content (AvgIpc) is 2.71. The van der Waals surface area contributed by atoms with Gasteiger partial charge in [-0.05, 0) is 76.9 Å². The largest absolute Gasteiger partial charge is 0.498 e. The van der Waals surface area contributed by atoms with E-state index in [0.717, 1.165) is 16.6 Å². The molecule has 5 heteroatoms. The van der Waals surface area contributed by atoms with Crippen LogP contribution in [0.1, 0.15) is 38.8 Å². The molecule has 1 aliphatic rings. The van der Waals surface area contributed by atoms with Gasteiger partial charge in [0.2, 0.25) is 0 Å². The van der Waals surface area contributed by atoms with Crippen LogP contribution in [0.4, 0.5) is 4.39 Å². The first-order chi connectivity index (χ1) is 11.6. The van der Waals surface area contributed by atoms with Gasteiger partial charge in [-0.15, -0.1) is 0 Å². The summed E-state index contributed by atoms with van der Waals surface area (Å²) in [7, 11) is -0.543. The molecule has 0 atom stereocenters. The molecule has 1 aliphatic heterocycles. The Morgan fingerprint density at radius 3 is 2.16 bits per heavy atom. The minimum Gasteiger partial charge on any atom is -0.457 e. The van der Waals surface area contributed by atoms with Crippen LogP contribution in [0.15, 0.2) is 30.3 Å². The molecule has 0 bridgehead atoms. The fraction of sp³-hybridized carbons (Fsp3) is 0.400. The maximum Gasteiger partial charge on any atom is 0.498 e. The zero-order valence-corrected chi connectivity index (χ0v) is 15.6. The third-order valence-electron chi connectivity index (χ3n) is 5.00. The third-order valence-corrected chi connectivity index (χ3v) is 5.00. The molecule has 2 aromatic rings. The van der Waals surface area contributed by atoms with Crippen LogP contribution in [0.3, 0.4) is 0 Å². The Kier molecular flexibility index (Phi) is 4.42. The van der Waals surface area contributed by atoms with E-state index in [4.69, 9.17) is 14.0 Å². The summed E-state index contributed by atoms with van der Waals surface area (Å²) in [4.78, 5) is 0. The van der Waals surface area contributed by atoms with Crippen LogP contribution in [-0.2, 0) is 9.31 Å². The minimum atomic E-state index is -0.543. The molecule has 131 valence electrons. The number of hydrogen-bond acceptors (Lipinski definition) is 3. The van der Waals surface area contributed by atoms with Crippen molar-refractivity contribution in [2.75, 3.05) is 0 Å². The SMILES string of the molecule is Cc1cc(F)cc(C)c1Oc1cc[c]cc1B1OC(C)(C)C(C)(C)O1. The Morgan fingerprint density at radius 1 is 1.04 bits per heavy atom. The van der Waals surface area contributed by atoms with Gasteiger partial charge in [-0.3, -0.25) is 0 Å². The summed E-state index contributed by atoms with van der Waals surface area (Å²) in [6.45, 7) is 11.7. The van der Waals surface area contributed by atoms with E-state index in [1.807, 2.05) is 53.7 Å². The summed E-state index contributed by atoms with van der Waals surface area (Å²) in [5.41, 5.74) is 1.37. The zero-order chi connectivity index (χ0) is 18.4. The molecule has 2 aromatic carbocycles. The number of rotatable bonds is 3. The van der Waals surface area contributed by atoms with Crippen LogP contribution in [0.25, 0.3) is 0 Å². The Morgan fingerprint density at radius 2 is 1.60 bits per heavy atom. The quantitative estimate of drug-likeness (QED) is 0.778. The molecule has 1 saturated heterocycles. The molecular weight excluding hydrogens is 318 g/mol. The van der Waals surface area contributed by atoms with Crippen LogP contribution in [0.5, 0.6) is 11.5 Å². The number of halogens is 1. The highest BCUT2D eigenvalue weighted by molar-refractivity contribution is 6.63. The first-order valence-corrected chi connectivity index (χ1v) is 8.41. The molecule has 1 heterocycles. The number of aryl methyl sites for hydroxylation is 2. The van der Waals surface area contributed by atoms with E-state index in [2.05, 4.69) is 6.07 Å². The summed E-state index contributed by atoms with van der Waals surface area (Å²) in [6.07, 6.45) is 0. The van der Waals surface area contributed by atoms with Crippen molar-refractivity contribution in [2.24, 2.45) is 0 Å². The van der Waals surface area contributed by atoms with Gasteiger partial charge in [0.05, 0.1) is 11.2 Å². The Bertz CT molecular complexity index is 762. The van der Waals surface area contributed by atoms with Gasteiger partial charge >= 0.3 is 7.12 Å². The predicted octanol–water partition coefficient (Wildman–Crippen LogP) is 4.33. The molecule has 0 aliphatic carbocycles. The van der Waals surface area contributed by atoms with E-state index >= 15 is 0 Å². The van der Waals surface area contributed by atoms with Gasteiger partial charge in [-0.25, -0.2) is 4.39 Å². The van der Waals surface area contributed by atoms with Gasteiger partial charge in [0, 0.05) is 5.46 Å². The second-order valence-corrected chi connectivity index (χ2v) is 7.52. The van der Waals surface area contributed by atoms with Gasteiger partial charge in [0.1, 0.15) is 17.3 Å². The van der Waals surface area contributed by atoms with Crippen LogP contribution < -0.4 is 10.2 Å². The van der Waals surface area contributed by atoms with Crippen molar-refractivity contribution in [1.82, 2.24) is 0 Å². The van der Waals surface area contributed by atoms with Gasteiger partial charge < -0.3 is 14.0 Å². The second kappa shape index (κ2) is 6.15. The fourth-order valence-corrected chi connectivity index (χ4v) is 2.84. The topological polar surface area (TPSA) is 27.7 Å². The highest BCUT2D eigenvalue weighted by atomic mass is 19.1. The average molecular weight is 341 g/mol. The normalized spacial score (nSPS) is 18.4. The smallest absolute Gasteiger partial charge is 0.457 e. The number of hydrogen-bond donors (Lipinski definition) is 0. The number of benzene rings is 2. The van der Waals surface area contributed by atoms with E-state index in [0.29, 0.717) is 11.5 Å². The molecule has 3 rings (SSSR count). The molecule has 1 radical (unpaired) electrons. The van der Waals surface area contributed by atoms with E-state index in [-0.39, 0.29) is 5.82 Å². The van der Waals surface area contributed by atoms with E-state index in [1.165, 1.54) is 12.1 Å². The van der Waals surface area contributed by atoms with Gasteiger partial charge in [-0.2, -0.15) is 0 Å². The highest BCUT2D eigenvalue weighted by Gasteiger charge is 2.52. The van der Waals surface area contributed by atoms with Crippen molar-refractivity contribution in [3.8, 4) is 11.5 Å². The second-order valence-electron chi connectivity index (χ2n) is 7.52. The summed E-state index contributed by atoms with van der Waals surface area (Å²) in [5.74, 6) is 0.996. The molecule has 25 heavy (non-hydrogen) atoms. The van der Waals surface area contributed by atoms with Crippen molar-refractivity contribution in [2.45, 2.75) is 52.7 Å². The molecule has 0 aromatic heterocycles.